The molecule has 6 nitrogen and oxygen atoms in total. The number of aromatic nitrogens is 4. The highest BCUT2D eigenvalue weighted by molar-refractivity contribution is 14.1. The van der Waals surface area contributed by atoms with Crippen molar-refractivity contribution in [3.8, 4) is 11.5 Å². The fraction of sp³-hybridized carbons (Fsp3) is 0.333. The second-order valence-electron chi connectivity index (χ2n) is 3.71. The first kappa shape index (κ1) is 14.1. The predicted molar refractivity (Wildman–Crippen MR) is 80.7 cm³/mol. The summed E-state index contributed by atoms with van der Waals surface area (Å²) in [5, 5.41) is 3.23. The van der Waals surface area contributed by atoms with Crippen LogP contribution in [0.1, 0.15) is 12.6 Å². The molecule has 7 heteroatoms. The number of hydrogen-bond acceptors (Lipinski definition) is 6. The number of methoxy groups -OCH3 is 1. The fourth-order valence-corrected chi connectivity index (χ4v) is 2.14. The fourth-order valence-electron chi connectivity index (χ4n) is 1.55. The Hall–Kier alpha value is -1.35. The lowest BCUT2D eigenvalue weighted by molar-refractivity contribution is 0.181. The van der Waals surface area contributed by atoms with Gasteiger partial charge in [0.15, 0.2) is 5.82 Å². The summed E-state index contributed by atoms with van der Waals surface area (Å²) in [4.78, 5) is 17.1. The molecule has 2 aromatic rings. The highest BCUT2D eigenvalue weighted by Gasteiger charge is 2.13. The Morgan fingerprint density at radius 2 is 2.21 bits per heavy atom. The molecule has 2 rings (SSSR count). The zero-order valence-electron chi connectivity index (χ0n) is 10.7. The van der Waals surface area contributed by atoms with E-state index < -0.39 is 0 Å². The van der Waals surface area contributed by atoms with Crippen molar-refractivity contribution in [2.45, 2.75) is 13.5 Å². The Morgan fingerprint density at radius 1 is 1.37 bits per heavy atom. The number of nitrogens with zero attached hydrogens (tertiary/aromatic N) is 4. The maximum absolute atomic E-state index is 5.18. The van der Waals surface area contributed by atoms with Gasteiger partial charge in [0.2, 0.25) is 0 Å². The second-order valence-corrected chi connectivity index (χ2v) is 4.79. The third kappa shape index (κ3) is 3.35. The van der Waals surface area contributed by atoms with E-state index in [2.05, 4.69) is 47.8 Å². The van der Waals surface area contributed by atoms with E-state index in [4.69, 9.17) is 4.74 Å². The highest BCUT2D eigenvalue weighted by Crippen LogP contribution is 2.23. The van der Waals surface area contributed by atoms with Crippen molar-refractivity contribution < 1.29 is 4.74 Å². The molecule has 0 bridgehead atoms. The minimum atomic E-state index is 0.442. The van der Waals surface area contributed by atoms with Crippen molar-refractivity contribution in [2.24, 2.45) is 0 Å². The quantitative estimate of drug-likeness (QED) is 0.812. The molecule has 100 valence electrons. The zero-order chi connectivity index (χ0) is 13.7. The molecule has 0 aliphatic heterocycles. The third-order valence-electron chi connectivity index (χ3n) is 2.36. The molecule has 19 heavy (non-hydrogen) atoms. The van der Waals surface area contributed by atoms with Gasteiger partial charge in [-0.15, -0.1) is 0 Å². The molecule has 0 saturated heterocycles. The largest absolute Gasteiger partial charge is 0.378 e. The Morgan fingerprint density at radius 3 is 2.84 bits per heavy atom. The Labute approximate surface area is 125 Å². The second kappa shape index (κ2) is 6.71. The van der Waals surface area contributed by atoms with Gasteiger partial charge in [0.05, 0.1) is 15.9 Å². The first-order valence-corrected chi connectivity index (χ1v) is 6.89. The van der Waals surface area contributed by atoms with Gasteiger partial charge in [0.25, 0.3) is 0 Å². The normalized spacial score (nSPS) is 10.5. The monoisotopic (exact) mass is 371 g/mol. The van der Waals surface area contributed by atoms with Crippen LogP contribution in [0.15, 0.2) is 18.6 Å². The van der Waals surface area contributed by atoms with Crippen LogP contribution in [-0.4, -0.2) is 33.6 Å². The molecule has 0 aromatic carbocycles. The van der Waals surface area contributed by atoms with Crippen LogP contribution in [0.5, 0.6) is 0 Å². The van der Waals surface area contributed by atoms with Crippen molar-refractivity contribution in [3.63, 3.8) is 0 Å². The summed E-state index contributed by atoms with van der Waals surface area (Å²) in [7, 11) is 1.65. The molecular weight excluding hydrogens is 357 g/mol. The van der Waals surface area contributed by atoms with Crippen molar-refractivity contribution in [1.29, 1.82) is 0 Å². The van der Waals surface area contributed by atoms with Crippen LogP contribution in [0.3, 0.4) is 0 Å². The smallest absolute Gasteiger partial charge is 0.180 e. The van der Waals surface area contributed by atoms with Crippen molar-refractivity contribution in [3.05, 3.63) is 27.9 Å². The van der Waals surface area contributed by atoms with Gasteiger partial charge in [-0.25, -0.2) is 19.9 Å². The van der Waals surface area contributed by atoms with Crippen LogP contribution in [0.25, 0.3) is 11.5 Å². The minimum Gasteiger partial charge on any atom is -0.378 e. The molecule has 2 aromatic heterocycles. The minimum absolute atomic E-state index is 0.442. The van der Waals surface area contributed by atoms with Gasteiger partial charge in [0.1, 0.15) is 17.8 Å². The summed E-state index contributed by atoms with van der Waals surface area (Å²) in [5.74, 6) is 1.38. The van der Waals surface area contributed by atoms with Crippen LogP contribution in [0.2, 0.25) is 0 Å². The van der Waals surface area contributed by atoms with E-state index in [9.17, 15) is 0 Å². The van der Waals surface area contributed by atoms with Crippen molar-refractivity contribution in [1.82, 2.24) is 19.9 Å². The lowest BCUT2D eigenvalue weighted by Crippen LogP contribution is -2.09. The average molecular weight is 371 g/mol. The maximum atomic E-state index is 5.18. The summed E-state index contributed by atoms with van der Waals surface area (Å²) < 4.78 is 6.15. The molecular formula is C12H14IN5O. The summed E-state index contributed by atoms with van der Waals surface area (Å²) in [6.07, 6.45) is 3.16. The summed E-state index contributed by atoms with van der Waals surface area (Å²) in [6.45, 7) is 3.26. The zero-order valence-corrected chi connectivity index (χ0v) is 12.9. The van der Waals surface area contributed by atoms with Crippen LogP contribution < -0.4 is 5.32 Å². The SMILES string of the molecule is CCNc1nc(-c2ccncn2)nc(COC)c1I. The molecule has 0 spiro atoms. The van der Waals surface area contributed by atoms with E-state index in [1.165, 1.54) is 6.33 Å². The molecule has 0 unspecified atom stereocenters. The number of rotatable bonds is 5. The molecule has 0 aliphatic carbocycles. The lowest BCUT2D eigenvalue weighted by atomic mass is 10.3. The standard InChI is InChI=1S/C12H14IN5O/c1-3-15-12-10(13)9(6-19-2)17-11(18-12)8-4-5-14-7-16-8/h4-5,7H,3,6H2,1-2H3,(H,15,17,18). The van der Waals surface area contributed by atoms with E-state index in [-0.39, 0.29) is 0 Å². The highest BCUT2D eigenvalue weighted by atomic mass is 127. The number of halogens is 1. The molecule has 1 N–H and O–H groups in total. The van der Waals surface area contributed by atoms with E-state index in [1.807, 2.05) is 6.92 Å². The van der Waals surface area contributed by atoms with E-state index in [0.29, 0.717) is 18.1 Å². The van der Waals surface area contributed by atoms with E-state index >= 15 is 0 Å². The van der Waals surface area contributed by atoms with Crippen molar-refractivity contribution >= 4 is 28.4 Å². The summed E-state index contributed by atoms with van der Waals surface area (Å²) >= 11 is 2.22. The third-order valence-corrected chi connectivity index (χ3v) is 3.49. The van der Waals surface area contributed by atoms with Gasteiger partial charge in [0, 0.05) is 19.9 Å². The van der Waals surface area contributed by atoms with E-state index in [0.717, 1.165) is 21.6 Å². The topological polar surface area (TPSA) is 72.8 Å². The average Bonchev–Trinajstić information content (AvgIpc) is 2.44. The van der Waals surface area contributed by atoms with Gasteiger partial charge >= 0.3 is 0 Å². The van der Waals surface area contributed by atoms with E-state index in [1.54, 1.807) is 19.4 Å². The molecule has 0 atom stereocenters. The molecule has 2 heterocycles. The molecule has 0 radical (unpaired) electrons. The number of anilines is 1. The van der Waals surface area contributed by atoms with Crippen LogP contribution >= 0.6 is 22.6 Å². The Balaban J connectivity index is 2.49. The molecule has 0 saturated carbocycles. The molecule has 0 aliphatic rings. The molecule has 0 fully saturated rings. The Kier molecular flexibility index (Phi) is 4.97. The van der Waals surface area contributed by atoms with Gasteiger partial charge in [-0.05, 0) is 35.6 Å². The van der Waals surface area contributed by atoms with Gasteiger partial charge in [-0.2, -0.15) is 0 Å². The maximum Gasteiger partial charge on any atom is 0.180 e. The number of hydrogen-bond donors (Lipinski definition) is 1. The van der Waals surface area contributed by atoms with Crippen LogP contribution in [0.4, 0.5) is 5.82 Å². The van der Waals surface area contributed by atoms with Crippen LogP contribution in [-0.2, 0) is 11.3 Å². The van der Waals surface area contributed by atoms with Crippen molar-refractivity contribution in [2.75, 3.05) is 19.0 Å². The lowest BCUT2D eigenvalue weighted by Gasteiger charge is -2.11. The summed E-state index contributed by atoms with van der Waals surface area (Å²) in [5.41, 5.74) is 1.55. The van der Waals surface area contributed by atoms with Gasteiger partial charge < -0.3 is 10.1 Å². The number of nitrogens with one attached hydrogen (secondary N) is 1. The first-order valence-electron chi connectivity index (χ1n) is 5.81. The molecule has 0 amide bonds. The van der Waals surface area contributed by atoms with Gasteiger partial charge in [-0.1, -0.05) is 0 Å². The predicted octanol–water partition coefficient (Wildman–Crippen LogP) is 2.12. The number of ether oxygens (including phenoxy) is 1. The first-order chi connectivity index (χ1) is 9.26. The van der Waals surface area contributed by atoms with Crippen LogP contribution in [0, 0.1) is 3.57 Å². The summed E-state index contributed by atoms with van der Waals surface area (Å²) in [6, 6.07) is 1.79. The van der Waals surface area contributed by atoms with Gasteiger partial charge in [-0.3, -0.25) is 0 Å². The Bertz CT molecular complexity index is 522.